The summed E-state index contributed by atoms with van der Waals surface area (Å²) in [4.78, 5) is 18.9. The summed E-state index contributed by atoms with van der Waals surface area (Å²) < 4.78 is 26.4. The van der Waals surface area contributed by atoms with Crippen molar-refractivity contribution in [3.05, 3.63) is 51.4 Å². The van der Waals surface area contributed by atoms with Gasteiger partial charge in [0.25, 0.3) is 5.56 Å². The van der Waals surface area contributed by atoms with Gasteiger partial charge >= 0.3 is 0 Å². The molecule has 0 unspecified atom stereocenters. The van der Waals surface area contributed by atoms with E-state index in [1.807, 2.05) is 0 Å². The fourth-order valence-electron chi connectivity index (χ4n) is 2.43. The summed E-state index contributed by atoms with van der Waals surface area (Å²) in [6, 6.07) is 3.12. The molecule has 5 heteroatoms. The predicted molar refractivity (Wildman–Crippen MR) is 66.9 cm³/mol. The first kappa shape index (κ1) is 12.0. The molecule has 19 heavy (non-hydrogen) atoms. The second-order valence-corrected chi connectivity index (χ2v) is 4.71. The largest absolute Gasteiger partial charge is 0.306 e. The number of nitrogens with zero attached hydrogens (tertiary/aromatic N) is 1. The van der Waals surface area contributed by atoms with E-state index in [0.29, 0.717) is 5.56 Å². The Labute approximate surface area is 108 Å². The predicted octanol–water partition coefficient (Wildman–Crippen LogP) is 2.59. The van der Waals surface area contributed by atoms with E-state index in [-0.39, 0.29) is 16.9 Å². The molecule has 0 saturated carbocycles. The highest BCUT2D eigenvalue weighted by molar-refractivity contribution is 5.55. The first-order chi connectivity index (χ1) is 9.13. The molecular weight excluding hydrogens is 250 g/mol. The number of aryl methyl sites for hydroxylation is 1. The number of hydrogen-bond donors (Lipinski definition) is 1. The average Bonchev–Trinajstić information content (AvgIpc) is 2.37. The third kappa shape index (κ3) is 2.28. The molecule has 98 valence electrons. The van der Waals surface area contributed by atoms with E-state index in [4.69, 9.17) is 0 Å². The standard InChI is InChI=1S/C14H12F2N2O/c15-9-5-8(6-10(16)7-9)13-17-12-4-2-1-3-11(12)14(19)18-13/h5-7H,1-4H2,(H,17,18,19). The van der Waals surface area contributed by atoms with Crippen LogP contribution in [0.15, 0.2) is 23.0 Å². The summed E-state index contributed by atoms with van der Waals surface area (Å²) in [6.45, 7) is 0. The maximum Gasteiger partial charge on any atom is 0.254 e. The molecule has 0 aliphatic heterocycles. The Morgan fingerprint density at radius 1 is 1.05 bits per heavy atom. The van der Waals surface area contributed by atoms with Gasteiger partial charge in [0.2, 0.25) is 0 Å². The monoisotopic (exact) mass is 262 g/mol. The fraction of sp³-hybridized carbons (Fsp3) is 0.286. The van der Waals surface area contributed by atoms with Gasteiger partial charge in [-0.2, -0.15) is 0 Å². The average molecular weight is 262 g/mol. The fourth-order valence-corrected chi connectivity index (χ4v) is 2.43. The zero-order valence-electron chi connectivity index (χ0n) is 10.2. The van der Waals surface area contributed by atoms with Crippen molar-refractivity contribution in [2.45, 2.75) is 25.7 Å². The quantitative estimate of drug-likeness (QED) is 0.858. The minimum Gasteiger partial charge on any atom is -0.306 e. The molecule has 0 amide bonds. The number of aromatic amines is 1. The van der Waals surface area contributed by atoms with Crippen LogP contribution in [0.1, 0.15) is 24.1 Å². The third-order valence-corrected chi connectivity index (χ3v) is 3.33. The highest BCUT2D eigenvalue weighted by Gasteiger charge is 2.16. The van der Waals surface area contributed by atoms with Crippen LogP contribution in [0.5, 0.6) is 0 Å². The molecule has 3 rings (SSSR count). The van der Waals surface area contributed by atoms with Crippen LogP contribution in [-0.4, -0.2) is 9.97 Å². The second kappa shape index (κ2) is 4.57. The van der Waals surface area contributed by atoms with Crippen molar-refractivity contribution >= 4 is 0 Å². The van der Waals surface area contributed by atoms with Gasteiger partial charge in [0.05, 0.1) is 5.69 Å². The van der Waals surface area contributed by atoms with Crippen molar-refractivity contribution in [3.8, 4) is 11.4 Å². The molecule has 1 aliphatic carbocycles. The Kier molecular flexibility index (Phi) is 2.89. The van der Waals surface area contributed by atoms with E-state index >= 15 is 0 Å². The lowest BCUT2D eigenvalue weighted by atomic mass is 9.97. The molecule has 3 nitrogen and oxygen atoms in total. The molecular formula is C14H12F2N2O. The van der Waals surface area contributed by atoms with E-state index < -0.39 is 11.6 Å². The van der Waals surface area contributed by atoms with Crippen molar-refractivity contribution in [2.24, 2.45) is 0 Å². The highest BCUT2D eigenvalue weighted by Crippen LogP contribution is 2.21. The van der Waals surface area contributed by atoms with Gasteiger partial charge in [-0.3, -0.25) is 4.79 Å². The van der Waals surface area contributed by atoms with Crippen LogP contribution in [0.4, 0.5) is 8.78 Å². The van der Waals surface area contributed by atoms with Crippen LogP contribution >= 0.6 is 0 Å². The Morgan fingerprint density at radius 2 is 1.74 bits per heavy atom. The van der Waals surface area contributed by atoms with Gasteiger partial charge in [-0.15, -0.1) is 0 Å². The van der Waals surface area contributed by atoms with Crippen LogP contribution in [-0.2, 0) is 12.8 Å². The lowest BCUT2D eigenvalue weighted by molar-refractivity contribution is 0.583. The summed E-state index contributed by atoms with van der Waals surface area (Å²) in [5.74, 6) is -1.14. The summed E-state index contributed by atoms with van der Waals surface area (Å²) in [5.41, 5.74) is 1.49. The number of halogens is 2. The van der Waals surface area contributed by atoms with Crippen molar-refractivity contribution in [1.29, 1.82) is 0 Å². The Morgan fingerprint density at radius 3 is 2.47 bits per heavy atom. The molecule has 1 heterocycles. The van der Waals surface area contributed by atoms with E-state index in [2.05, 4.69) is 9.97 Å². The molecule has 0 saturated heterocycles. The first-order valence-corrected chi connectivity index (χ1v) is 6.22. The van der Waals surface area contributed by atoms with Crippen LogP contribution in [0.25, 0.3) is 11.4 Å². The maximum absolute atomic E-state index is 13.2. The smallest absolute Gasteiger partial charge is 0.254 e. The summed E-state index contributed by atoms with van der Waals surface area (Å²) in [7, 11) is 0. The summed E-state index contributed by atoms with van der Waals surface area (Å²) in [5, 5.41) is 0. The number of nitrogens with one attached hydrogen (secondary N) is 1. The van der Waals surface area contributed by atoms with Gasteiger partial charge in [-0.05, 0) is 37.8 Å². The summed E-state index contributed by atoms with van der Waals surface area (Å²) in [6.07, 6.45) is 3.42. The number of H-pyrrole nitrogens is 1. The number of hydrogen-bond acceptors (Lipinski definition) is 2. The van der Waals surface area contributed by atoms with Gasteiger partial charge in [0.1, 0.15) is 17.5 Å². The molecule has 0 bridgehead atoms. The van der Waals surface area contributed by atoms with Crippen molar-refractivity contribution in [1.82, 2.24) is 9.97 Å². The van der Waals surface area contributed by atoms with Crippen LogP contribution in [0.2, 0.25) is 0 Å². The topological polar surface area (TPSA) is 45.8 Å². The van der Waals surface area contributed by atoms with E-state index in [1.54, 1.807) is 0 Å². The van der Waals surface area contributed by atoms with Crippen LogP contribution in [0, 0.1) is 11.6 Å². The van der Waals surface area contributed by atoms with Gasteiger partial charge in [-0.25, -0.2) is 13.8 Å². The lowest BCUT2D eigenvalue weighted by Crippen LogP contribution is -2.21. The summed E-state index contributed by atoms with van der Waals surface area (Å²) >= 11 is 0. The minimum atomic E-state index is -0.685. The molecule has 0 fully saturated rings. The van der Waals surface area contributed by atoms with Gasteiger partial charge < -0.3 is 4.98 Å². The molecule has 1 aromatic carbocycles. The molecule has 0 radical (unpaired) electrons. The third-order valence-electron chi connectivity index (χ3n) is 3.33. The SMILES string of the molecule is O=c1[nH]c(-c2cc(F)cc(F)c2)nc2c1CCCC2. The van der Waals surface area contributed by atoms with Crippen molar-refractivity contribution in [2.75, 3.05) is 0 Å². The minimum absolute atomic E-state index is 0.204. The van der Waals surface area contributed by atoms with Gasteiger partial charge in [-0.1, -0.05) is 0 Å². The zero-order chi connectivity index (χ0) is 13.4. The van der Waals surface area contributed by atoms with E-state index in [0.717, 1.165) is 49.6 Å². The molecule has 2 aromatic rings. The van der Waals surface area contributed by atoms with Crippen LogP contribution < -0.4 is 5.56 Å². The number of aromatic nitrogens is 2. The molecule has 1 N–H and O–H groups in total. The van der Waals surface area contributed by atoms with Crippen molar-refractivity contribution in [3.63, 3.8) is 0 Å². The normalized spacial score (nSPS) is 14.2. The molecule has 0 atom stereocenters. The van der Waals surface area contributed by atoms with E-state index in [1.165, 1.54) is 0 Å². The molecule has 1 aromatic heterocycles. The number of benzene rings is 1. The Hall–Kier alpha value is -2.04. The second-order valence-electron chi connectivity index (χ2n) is 4.71. The Balaban J connectivity index is 2.15. The maximum atomic E-state index is 13.2. The first-order valence-electron chi connectivity index (χ1n) is 6.22. The van der Waals surface area contributed by atoms with Crippen molar-refractivity contribution < 1.29 is 8.78 Å². The molecule has 0 spiro atoms. The van der Waals surface area contributed by atoms with Gasteiger partial charge in [0.15, 0.2) is 0 Å². The number of fused-ring (bicyclic) bond motifs is 1. The van der Waals surface area contributed by atoms with Crippen LogP contribution in [0.3, 0.4) is 0 Å². The lowest BCUT2D eigenvalue weighted by Gasteiger charge is -2.14. The van der Waals surface area contributed by atoms with E-state index in [9.17, 15) is 13.6 Å². The molecule has 1 aliphatic rings. The highest BCUT2D eigenvalue weighted by atomic mass is 19.1. The zero-order valence-corrected chi connectivity index (χ0v) is 10.2. The number of rotatable bonds is 1. The Bertz CT molecular complexity index is 674. The van der Waals surface area contributed by atoms with Gasteiger partial charge in [0, 0.05) is 17.2 Å².